The van der Waals surface area contributed by atoms with Crippen LogP contribution in [0.15, 0.2) is 176 Å². The molecule has 6 aromatic rings. The Kier molecular flexibility index (Phi) is 11.4. The first kappa shape index (κ1) is 35.7. The van der Waals surface area contributed by atoms with E-state index in [9.17, 15) is 0 Å². The van der Waals surface area contributed by atoms with Gasteiger partial charge in [0.25, 0.3) is 0 Å². The van der Waals surface area contributed by atoms with Crippen LogP contribution in [0.1, 0.15) is 26.7 Å². The van der Waals surface area contributed by atoms with Crippen LogP contribution < -0.4 is 15.9 Å². The Labute approximate surface area is 317 Å². The molecule has 266 valence electrons. The predicted octanol–water partition coefficient (Wildman–Crippen LogP) is 10.0. The Morgan fingerprint density at radius 3 is 1.69 bits per heavy atom. The van der Waals surface area contributed by atoms with Crippen LogP contribution in [0.2, 0.25) is 0 Å². The van der Waals surface area contributed by atoms with E-state index >= 15 is 0 Å². The van der Waals surface area contributed by atoms with Crippen LogP contribution in [0.4, 0.5) is 5.69 Å². The molecular formula is C48H44N6. The second-order valence-corrected chi connectivity index (χ2v) is 13.5. The van der Waals surface area contributed by atoms with E-state index in [1.165, 1.54) is 12.8 Å². The highest BCUT2D eigenvalue weighted by Crippen LogP contribution is 2.23. The van der Waals surface area contributed by atoms with Crippen LogP contribution in [0.25, 0.3) is 51.8 Å². The summed E-state index contributed by atoms with van der Waals surface area (Å²) in [7, 11) is 0. The van der Waals surface area contributed by atoms with Crippen molar-refractivity contribution in [2.45, 2.75) is 26.7 Å². The van der Waals surface area contributed by atoms with Crippen LogP contribution in [0.5, 0.6) is 0 Å². The Hall–Kier alpha value is -6.66. The summed E-state index contributed by atoms with van der Waals surface area (Å²) in [5.41, 5.74) is 4.96. The molecule has 6 nitrogen and oxygen atoms in total. The molecule has 2 N–H and O–H groups in total. The first-order valence-electron chi connectivity index (χ1n) is 18.5. The van der Waals surface area contributed by atoms with Gasteiger partial charge in [0.1, 0.15) is 0 Å². The number of nitrogens with one attached hydrogen (secondary N) is 2. The molecule has 2 unspecified atom stereocenters. The Morgan fingerprint density at radius 2 is 1.17 bits per heavy atom. The lowest BCUT2D eigenvalue weighted by Gasteiger charge is -2.11. The standard InChI is InChI=1S/C34H24N6.2C7H10/c35-29-21-28-27-18-10-11-19-30(27)40(31(28)20-25(29)22-36-26-16-8-3-9-17-26)34-38-32(23-12-4-1-5-13-23)37-33(39-34)24-14-6-2-7-15-24;2*1-7-5-3-2-4-6-7/h1-22,35-36H;2*2-5,7H,6H2,1H3/b25-22-,35-29?;;. The quantitative estimate of drug-likeness (QED) is 0.187. The van der Waals surface area contributed by atoms with Gasteiger partial charge in [-0.25, -0.2) is 4.98 Å². The second-order valence-electron chi connectivity index (χ2n) is 13.5. The summed E-state index contributed by atoms with van der Waals surface area (Å²) < 4.78 is 2.07. The number of benzene rings is 4. The summed E-state index contributed by atoms with van der Waals surface area (Å²) in [6.45, 7) is 4.44. The van der Waals surface area contributed by atoms with Gasteiger partial charge in [-0.05, 0) is 55.0 Å². The maximum absolute atomic E-state index is 8.78. The normalized spacial score (nSPS) is 17.4. The summed E-state index contributed by atoms with van der Waals surface area (Å²) in [5.74, 6) is 3.27. The SMILES string of the molecule is CC1C=CC=CC1.CC1C=CC=CC1.N=C1C=c2c(n(-c3nc(-c4ccccc4)nc(-c4ccccc4)n3)c3ccccc23)=C/C1=C/Nc1ccccc1. The molecule has 0 aliphatic heterocycles. The zero-order chi connectivity index (χ0) is 37.1. The fourth-order valence-corrected chi connectivity index (χ4v) is 6.37. The predicted molar refractivity (Wildman–Crippen MR) is 226 cm³/mol. The van der Waals surface area contributed by atoms with Crippen LogP contribution in [-0.2, 0) is 0 Å². The Morgan fingerprint density at radius 1 is 0.630 bits per heavy atom. The minimum absolute atomic E-state index is 0.435. The molecule has 0 fully saturated rings. The largest absolute Gasteiger partial charge is 0.361 e. The number of hydrogen-bond donors (Lipinski definition) is 2. The summed E-state index contributed by atoms with van der Waals surface area (Å²) in [6, 6.07) is 38.1. The summed E-state index contributed by atoms with van der Waals surface area (Å²) >= 11 is 0. The molecule has 3 aliphatic rings. The average Bonchev–Trinajstić information content (AvgIpc) is 3.55. The van der Waals surface area contributed by atoms with Crippen molar-refractivity contribution in [3.8, 4) is 28.7 Å². The fraction of sp³-hybridized carbons (Fsp3) is 0.125. The smallest absolute Gasteiger partial charge is 0.238 e. The first-order valence-corrected chi connectivity index (χ1v) is 18.5. The Bertz CT molecular complexity index is 2420. The number of anilines is 1. The third-order valence-corrected chi connectivity index (χ3v) is 9.29. The van der Waals surface area contributed by atoms with Gasteiger partial charge < -0.3 is 10.7 Å². The lowest BCUT2D eigenvalue weighted by molar-refractivity contribution is 0.737. The molecule has 0 amide bonds. The van der Waals surface area contributed by atoms with Gasteiger partial charge in [0.2, 0.25) is 5.95 Å². The zero-order valence-electron chi connectivity index (χ0n) is 30.7. The minimum atomic E-state index is 0.435. The van der Waals surface area contributed by atoms with Crippen molar-refractivity contribution in [1.82, 2.24) is 19.5 Å². The number of aromatic nitrogens is 4. The second kappa shape index (κ2) is 17.2. The molecule has 2 heterocycles. The zero-order valence-corrected chi connectivity index (χ0v) is 30.7. The monoisotopic (exact) mass is 704 g/mol. The van der Waals surface area contributed by atoms with Crippen molar-refractivity contribution < 1.29 is 0 Å². The van der Waals surface area contributed by atoms with Crippen molar-refractivity contribution in [3.05, 3.63) is 186 Å². The number of allylic oxidation sites excluding steroid dienone is 9. The van der Waals surface area contributed by atoms with E-state index in [1.807, 2.05) is 121 Å². The highest BCUT2D eigenvalue weighted by molar-refractivity contribution is 6.25. The van der Waals surface area contributed by atoms with Gasteiger partial charge in [0, 0.05) is 39.2 Å². The van der Waals surface area contributed by atoms with Gasteiger partial charge in [-0.1, -0.05) is 160 Å². The molecule has 4 aromatic carbocycles. The van der Waals surface area contributed by atoms with Gasteiger partial charge >= 0.3 is 0 Å². The van der Waals surface area contributed by atoms with E-state index in [1.54, 1.807) is 0 Å². The van der Waals surface area contributed by atoms with Crippen molar-refractivity contribution in [3.63, 3.8) is 0 Å². The highest BCUT2D eigenvalue weighted by Gasteiger charge is 2.19. The molecule has 0 saturated heterocycles. The van der Waals surface area contributed by atoms with Crippen LogP contribution in [0.3, 0.4) is 0 Å². The van der Waals surface area contributed by atoms with Gasteiger partial charge in [-0.3, -0.25) is 4.57 Å². The molecule has 2 atom stereocenters. The molecule has 6 heteroatoms. The molecular weight excluding hydrogens is 661 g/mol. The van der Waals surface area contributed by atoms with Crippen molar-refractivity contribution in [1.29, 1.82) is 5.41 Å². The van der Waals surface area contributed by atoms with Gasteiger partial charge in [-0.15, -0.1) is 0 Å². The number of para-hydroxylation sites is 2. The van der Waals surface area contributed by atoms with E-state index in [2.05, 4.69) is 84.5 Å². The molecule has 3 aliphatic carbocycles. The molecule has 0 spiro atoms. The first-order chi connectivity index (χ1) is 26.5. The third-order valence-electron chi connectivity index (χ3n) is 9.29. The van der Waals surface area contributed by atoms with Gasteiger partial charge in [0.05, 0.1) is 16.6 Å². The van der Waals surface area contributed by atoms with Gasteiger partial charge in [0.15, 0.2) is 11.6 Å². The number of nitrogens with zero attached hydrogens (tertiary/aromatic N) is 4. The molecule has 2 aromatic heterocycles. The molecule has 0 radical (unpaired) electrons. The molecule has 0 bridgehead atoms. The van der Waals surface area contributed by atoms with E-state index in [-0.39, 0.29) is 0 Å². The maximum atomic E-state index is 8.78. The van der Waals surface area contributed by atoms with E-state index < -0.39 is 0 Å². The summed E-state index contributed by atoms with van der Waals surface area (Å²) in [5, 5.41) is 15.0. The maximum Gasteiger partial charge on any atom is 0.238 e. The summed E-state index contributed by atoms with van der Waals surface area (Å²) in [6.07, 6.45) is 25.5. The molecule has 9 rings (SSSR count). The molecule has 0 saturated carbocycles. The van der Waals surface area contributed by atoms with Crippen molar-refractivity contribution >= 4 is 34.5 Å². The van der Waals surface area contributed by atoms with Crippen LogP contribution in [-0.4, -0.2) is 25.2 Å². The van der Waals surface area contributed by atoms with E-state index in [0.29, 0.717) is 23.3 Å². The van der Waals surface area contributed by atoms with Gasteiger partial charge in [-0.2, -0.15) is 9.97 Å². The number of hydrogen-bond acceptors (Lipinski definition) is 5. The van der Waals surface area contributed by atoms with Crippen LogP contribution >= 0.6 is 0 Å². The average molecular weight is 705 g/mol. The van der Waals surface area contributed by atoms with Crippen LogP contribution in [0, 0.1) is 17.2 Å². The molecule has 54 heavy (non-hydrogen) atoms. The van der Waals surface area contributed by atoms with E-state index in [4.69, 9.17) is 20.4 Å². The lowest BCUT2D eigenvalue weighted by atomic mass is 10.0. The minimum Gasteiger partial charge on any atom is -0.361 e. The third kappa shape index (κ3) is 8.68. The number of rotatable bonds is 5. The lowest BCUT2D eigenvalue weighted by Crippen LogP contribution is -2.34. The van der Waals surface area contributed by atoms with E-state index in [0.717, 1.165) is 55.7 Å². The highest BCUT2D eigenvalue weighted by atomic mass is 15.2. The number of fused-ring (bicyclic) bond motifs is 3. The topological polar surface area (TPSA) is 79.5 Å². The van der Waals surface area contributed by atoms with Crippen molar-refractivity contribution in [2.24, 2.45) is 11.8 Å². The fourth-order valence-electron chi connectivity index (χ4n) is 6.37. The Balaban J connectivity index is 0.000000269. The summed E-state index contributed by atoms with van der Waals surface area (Å²) in [4.78, 5) is 14.8. The van der Waals surface area contributed by atoms with Crippen molar-refractivity contribution in [2.75, 3.05) is 5.32 Å².